The van der Waals surface area contributed by atoms with Crippen molar-refractivity contribution in [2.45, 2.75) is 19.4 Å². The minimum absolute atomic E-state index is 0. The largest absolute Gasteiger partial charge is 0.339 e. The van der Waals surface area contributed by atoms with Crippen molar-refractivity contribution < 1.29 is 13.2 Å². The Kier molecular flexibility index (Phi) is 5.39. The molecule has 1 unspecified atom stereocenters. The van der Waals surface area contributed by atoms with E-state index in [-0.39, 0.29) is 36.7 Å². The fourth-order valence-electron chi connectivity index (χ4n) is 2.28. The summed E-state index contributed by atoms with van der Waals surface area (Å²) in [5.74, 6) is 0.0990. The number of nitrogens with one attached hydrogen (secondary N) is 1. The average molecular weight is 298 g/mol. The Bertz CT molecular complexity index is 401. The molecule has 106 valence electrons. The van der Waals surface area contributed by atoms with Crippen LogP contribution in [0.3, 0.4) is 0 Å². The molecule has 2 rings (SSSR count). The van der Waals surface area contributed by atoms with Gasteiger partial charge in [0, 0.05) is 32.2 Å². The maximum atomic E-state index is 12.0. The van der Waals surface area contributed by atoms with Gasteiger partial charge >= 0.3 is 0 Å². The van der Waals surface area contributed by atoms with Crippen LogP contribution in [-0.2, 0) is 14.8 Å². The first-order chi connectivity index (χ1) is 7.99. The third-order valence-electron chi connectivity index (χ3n) is 3.24. The molecule has 2 saturated heterocycles. The number of rotatable bonds is 2. The molecule has 0 aromatic carbocycles. The lowest BCUT2D eigenvalue weighted by molar-refractivity contribution is -0.132. The first-order valence-electron chi connectivity index (χ1n) is 5.98. The fraction of sp³-hybridized carbons (Fsp3) is 0.900. The van der Waals surface area contributed by atoms with E-state index in [4.69, 9.17) is 0 Å². The second kappa shape index (κ2) is 6.18. The molecule has 0 radical (unpaired) electrons. The van der Waals surface area contributed by atoms with Gasteiger partial charge in [-0.1, -0.05) is 0 Å². The molecule has 8 heteroatoms. The predicted molar refractivity (Wildman–Crippen MR) is 71.3 cm³/mol. The Labute approximate surface area is 114 Å². The monoisotopic (exact) mass is 297 g/mol. The van der Waals surface area contributed by atoms with Crippen molar-refractivity contribution in [2.75, 3.05) is 38.5 Å². The maximum Gasteiger partial charge on any atom is 0.237 e. The molecule has 2 heterocycles. The summed E-state index contributed by atoms with van der Waals surface area (Å²) < 4.78 is 24.5. The number of nitrogens with zero attached hydrogens (tertiary/aromatic N) is 2. The quantitative estimate of drug-likeness (QED) is 0.729. The molecule has 2 aliphatic rings. The number of hydrogen-bond acceptors (Lipinski definition) is 4. The zero-order valence-corrected chi connectivity index (χ0v) is 12.1. The van der Waals surface area contributed by atoms with Crippen molar-refractivity contribution in [3.05, 3.63) is 0 Å². The fourth-order valence-corrected chi connectivity index (χ4v) is 3.75. The van der Waals surface area contributed by atoms with Gasteiger partial charge in [-0.2, -0.15) is 4.31 Å². The Hall–Kier alpha value is -0.370. The van der Waals surface area contributed by atoms with E-state index in [1.54, 1.807) is 4.90 Å². The highest BCUT2D eigenvalue weighted by Crippen LogP contribution is 2.13. The molecule has 0 aromatic rings. The molecule has 0 saturated carbocycles. The summed E-state index contributed by atoms with van der Waals surface area (Å²) in [6.45, 7) is 4.61. The summed E-state index contributed by atoms with van der Waals surface area (Å²) >= 11 is 0. The zero-order chi connectivity index (χ0) is 12.5. The van der Waals surface area contributed by atoms with Crippen molar-refractivity contribution >= 4 is 28.3 Å². The normalized spacial score (nSPS) is 27.8. The van der Waals surface area contributed by atoms with E-state index in [9.17, 15) is 13.2 Å². The van der Waals surface area contributed by atoms with Crippen LogP contribution in [0.25, 0.3) is 0 Å². The first-order valence-corrected chi connectivity index (χ1v) is 7.59. The van der Waals surface area contributed by atoms with Gasteiger partial charge in [0.1, 0.15) is 0 Å². The van der Waals surface area contributed by atoms with E-state index in [1.807, 2.05) is 6.92 Å². The van der Waals surface area contributed by atoms with Crippen molar-refractivity contribution in [1.82, 2.24) is 14.5 Å². The minimum atomic E-state index is -3.16. The van der Waals surface area contributed by atoms with Gasteiger partial charge in [-0.15, -0.1) is 12.4 Å². The molecule has 2 aliphatic heterocycles. The highest BCUT2D eigenvalue weighted by atomic mass is 35.5. The Morgan fingerprint density at radius 3 is 2.67 bits per heavy atom. The van der Waals surface area contributed by atoms with Crippen LogP contribution in [-0.4, -0.2) is 68.0 Å². The molecular formula is C10H20ClN3O3S. The smallest absolute Gasteiger partial charge is 0.237 e. The molecular weight excluding hydrogens is 278 g/mol. The number of carbonyl (C=O) groups excluding carboxylic acids is 1. The van der Waals surface area contributed by atoms with E-state index in [0.29, 0.717) is 26.1 Å². The highest BCUT2D eigenvalue weighted by Gasteiger charge is 2.31. The number of carbonyl (C=O) groups is 1. The lowest BCUT2D eigenvalue weighted by Gasteiger charge is -2.32. The first kappa shape index (κ1) is 15.7. The van der Waals surface area contributed by atoms with Crippen LogP contribution in [0.5, 0.6) is 0 Å². The second-order valence-corrected chi connectivity index (χ2v) is 6.79. The van der Waals surface area contributed by atoms with E-state index < -0.39 is 10.0 Å². The summed E-state index contributed by atoms with van der Waals surface area (Å²) in [6.07, 6.45) is 0.633. The molecule has 0 spiro atoms. The summed E-state index contributed by atoms with van der Waals surface area (Å²) in [5.41, 5.74) is 0. The standard InChI is InChI=1S/C10H19N3O3S.ClH/c1-9-7-12(5-3-11-9)10(14)8-13-4-2-6-17(13,15)16;/h9,11H,2-8H2,1H3;1H. The number of amides is 1. The molecule has 6 nitrogen and oxygen atoms in total. The van der Waals surface area contributed by atoms with Crippen LogP contribution in [0.4, 0.5) is 0 Å². The number of piperazine rings is 1. The van der Waals surface area contributed by atoms with Gasteiger partial charge in [0.25, 0.3) is 0 Å². The highest BCUT2D eigenvalue weighted by molar-refractivity contribution is 7.89. The Balaban J connectivity index is 0.00000162. The van der Waals surface area contributed by atoms with E-state index in [2.05, 4.69) is 5.32 Å². The van der Waals surface area contributed by atoms with Crippen molar-refractivity contribution in [2.24, 2.45) is 0 Å². The lowest BCUT2D eigenvalue weighted by atomic mass is 10.2. The predicted octanol–water partition coefficient (Wildman–Crippen LogP) is -0.736. The van der Waals surface area contributed by atoms with Gasteiger partial charge in [-0.25, -0.2) is 8.42 Å². The van der Waals surface area contributed by atoms with Crippen LogP contribution in [0.1, 0.15) is 13.3 Å². The number of sulfonamides is 1. The van der Waals surface area contributed by atoms with Crippen LogP contribution in [0.2, 0.25) is 0 Å². The van der Waals surface area contributed by atoms with E-state index in [1.165, 1.54) is 4.31 Å². The minimum Gasteiger partial charge on any atom is -0.339 e. The van der Waals surface area contributed by atoms with Gasteiger partial charge in [0.2, 0.25) is 15.9 Å². The lowest BCUT2D eigenvalue weighted by Crippen LogP contribution is -2.53. The topological polar surface area (TPSA) is 69.7 Å². The van der Waals surface area contributed by atoms with Crippen LogP contribution >= 0.6 is 12.4 Å². The zero-order valence-electron chi connectivity index (χ0n) is 10.5. The van der Waals surface area contributed by atoms with Gasteiger partial charge in [0.05, 0.1) is 12.3 Å². The molecule has 1 N–H and O–H groups in total. The van der Waals surface area contributed by atoms with Gasteiger partial charge in [0.15, 0.2) is 0 Å². The van der Waals surface area contributed by atoms with Gasteiger partial charge in [-0.05, 0) is 13.3 Å². The molecule has 18 heavy (non-hydrogen) atoms. The summed E-state index contributed by atoms with van der Waals surface area (Å²) in [5, 5.41) is 3.25. The molecule has 2 fully saturated rings. The third-order valence-corrected chi connectivity index (χ3v) is 5.14. The van der Waals surface area contributed by atoms with Crippen LogP contribution < -0.4 is 5.32 Å². The van der Waals surface area contributed by atoms with Gasteiger partial charge in [-0.3, -0.25) is 4.79 Å². The summed E-state index contributed by atoms with van der Waals surface area (Å²) in [7, 11) is -3.16. The second-order valence-electron chi connectivity index (χ2n) is 4.70. The third kappa shape index (κ3) is 3.57. The Morgan fingerprint density at radius 2 is 2.11 bits per heavy atom. The van der Waals surface area contributed by atoms with Crippen LogP contribution in [0, 0.1) is 0 Å². The van der Waals surface area contributed by atoms with Gasteiger partial charge < -0.3 is 10.2 Å². The SMILES string of the molecule is CC1CN(C(=O)CN2CCCS2(=O)=O)CCN1.Cl. The molecule has 0 aromatic heterocycles. The van der Waals surface area contributed by atoms with Crippen LogP contribution in [0.15, 0.2) is 0 Å². The Morgan fingerprint density at radius 1 is 1.39 bits per heavy atom. The number of halogens is 1. The average Bonchev–Trinajstić information content (AvgIpc) is 2.58. The molecule has 0 bridgehead atoms. The summed E-state index contributed by atoms with van der Waals surface area (Å²) in [4.78, 5) is 13.7. The van der Waals surface area contributed by atoms with E-state index >= 15 is 0 Å². The molecule has 1 amide bonds. The molecule has 1 atom stereocenters. The van der Waals surface area contributed by atoms with Crippen molar-refractivity contribution in [1.29, 1.82) is 0 Å². The number of hydrogen-bond donors (Lipinski definition) is 1. The maximum absolute atomic E-state index is 12.0. The van der Waals surface area contributed by atoms with Crippen molar-refractivity contribution in [3.8, 4) is 0 Å². The van der Waals surface area contributed by atoms with Crippen molar-refractivity contribution in [3.63, 3.8) is 0 Å². The van der Waals surface area contributed by atoms with E-state index in [0.717, 1.165) is 6.54 Å². The summed E-state index contributed by atoms with van der Waals surface area (Å²) in [6, 6.07) is 0.280. The molecule has 0 aliphatic carbocycles.